The van der Waals surface area contributed by atoms with Crippen LogP contribution in [0.15, 0.2) is 24.3 Å². The first-order chi connectivity index (χ1) is 15.1. The van der Waals surface area contributed by atoms with Gasteiger partial charge in [0.1, 0.15) is 53.9 Å². The Labute approximate surface area is 181 Å². The van der Waals surface area contributed by atoms with E-state index in [1.165, 1.54) is 18.2 Å². The Morgan fingerprint density at radius 3 is 2.19 bits per heavy atom. The highest BCUT2D eigenvalue weighted by Gasteiger charge is 2.46. The minimum atomic E-state index is -1.73. The number of phenolic OH excluding ortho intramolecular Hbond substituents is 4. The van der Waals surface area contributed by atoms with Crippen molar-refractivity contribution < 1.29 is 55.4 Å². The molecule has 0 bridgehead atoms. The van der Waals surface area contributed by atoms with Gasteiger partial charge in [-0.25, -0.2) is 0 Å². The number of hydrogen-bond acceptors (Lipinski definition) is 11. The van der Waals surface area contributed by atoms with Crippen molar-refractivity contribution in [1.29, 1.82) is 0 Å². The lowest BCUT2D eigenvalue weighted by Gasteiger charge is -2.41. The van der Waals surface area contributed by atoms with E-state index < -0.39 is 66.6 Å². The number of rotatable bonds is 3. The zero-order valence-corrected chi connectivity index (χ0v) is 16.6. The van der Waals surface area contributed by atoms with E-state index in [-0.39, 0.29) is 29.0 Å². The molecule has 2 aromatic carbocycles. The predicted molar refractivity (Wildman–Crippen MR) is 105 cm³/mol. The van der Waals surface area contributed by atoms with Crippen LogP contribution in [0.1, 0.15) is 28.9 Å². The number of ether oxygens (including phenoxy) is 2. The number of aliphatic hydroxyl groups excluding tert-OH is 5. The molecule has 2 aromatic rings. The Balaban J connectivity index is 1.70. The quantitative estimate of drug-likeness (QED) is 0.260. The molecule has 0 saturated carbocycles. The molecular weight excluding hydrogens is 428 g/mol. The van der Waals surface area contributed by atoms with Gasteiger partial charge in [0.25, 0.3) is 0 Å². The maximum Gasteiger partial charge on any atom is 0.157 e. The van der Waals surface area contributed by atoms with Crippen molar-refractivity contribution >= 4 is 0 Å². The lowest BCUT2D eigenvalue weighted by Crippen LogP contribution is -2.55. The molecule has 2 heterocycles. The third-order valence-electron chi connectivity index (χ3n) is 5.90. The number of aromatic hydroxyl groups is 4. The predicted octanol–water partition coefficient (Wildman–Crippen LogP) is -0.939. The first kappa shape index (κ1) is 22.4. The Bertz CT molecular complexity index is 1010. The molecule has 0 unspecified atom stereocenters. The van der Waals surface area contributed by atoms with Gasteiger partial charge in [0.15, 0.2) is 11.5 Å². The van der Waals surface area contributed by atoms with Crippen LogP contribution in [0, 0.1) is 0 Å². The summed E-state index contributed by atoms with van der Waals surface area (Å²) in [4.78, 5) is 0. The fourth-order valence-electron chi connectivity index (χ4n) is 4.15. The molecule has 0 aliphatic carbocycles. The molecule has 4 rings (SSSR count). The molecule has 11 heteroatoms. The molecule has 2 aliphatic heterocycles. The lowest BCUT2D eigenvalue weighted by atomic mass is 9.87. The third kappa shape index (κ3) is 3.58. The van der Waals surface area contributed by atoms with E-state index in [0.717, 1.165) is 6.07 Å². The van der Waals surface area contributed by atoms with Gasteiger partial charge in [-0.15, -0.1) is 0 Å². The van der Waals surface area contributed by atoms with Crippen LogP contribution < -0.4 is 4.74 Å². The average Bonchev–Trinajstić information content (AvgIpc) is 2.76. The van der Waals surface area contributed by atoms with Crippen molar-refractivity contribution in [3.63, 3.8) is 0 Å². The van der Waals surface area contributed by atoms with Crippen LogP contribution in [-0.2, 0) is 11.2 Å². The molecule has 7 atom stereocenters. The van der Waals surface area contributed by atoms with Crippen molar-refractivity contribution in [2.75, 3.05) is 6.61 Å². The fourth-order valence-corrected chi connectivity index (χ4v) is 4.15. The molecule has 0 aromatic heterocycles. The third-order valence-corrected chi connectivity index (χ3v) is 5.90. The molecule has 11 nitrogen and oxygen atoms in total. The lowest BCUT2D eigenvalue weighted by molar-refractivity contribution is -0.232. The summed E-state index contributed by atoms with van der Waals surface area (Å²) in [6.07, 6.45) is -10.1. The number of fused-ring (bicyclic) bond motifs is 1. The van der Waals surface area contributed by atoms with Gasteiger partial charge in [-0.2, -0.15) is 0 Å². The van der Waals surface area contributed by atoms with E-state index >= 15 is 0 Å². The maximum absolute atomic E-state index is 10.8. The second-order valence-electron chi connectivity index (χ2n) is 7.94. The van der Waals surface area contributed by atoms with Crippen molar-refractivity contribution in [2.45, 2.75) is 49.1 Å². The van der Waals surface area contributed by atoms with E-state index in [2.05, 4.69) is 0 Å². The smallest absolute Gasteiger partial charge is 0.157 e. The summed E-state index contributed by atoms with van der Waals surface area (Å²) in [5, 5.41) is 90.9. The highest BCUT2D eigenvalue weighted by Crippen LogP contribution is 2.49. The van der Waals surface area contributed by atoms with Gasteiger partial charge in [-0.3, -0.25) is 0 Å². The second kappa shape index (κ2) is 8.28. The SMILES string of the molecule is OC[C@H]1O[C@@H](c2c(O)cc3c(c2O)C[C@@H](O)[C@H](c2ccc(O)c(O)c2)O3)[C@H](O)[C@@H](O)[C@H]1O. The minimum absolute atomic E-state index is 0.0243. The summed E-state index contributed by atoms with van der Waals surface area (Å²) in [6, 6.07) is 5.03. The fraction of sp³-hybridized carbons (Fsp3) is 0.429. The topological polar surface area (TPSA) is 201 Å². The van der Waals surface area contributed by atoms with Crippen molar-refractivity contribution in [3.8, 4) is 28.7 Å². The van der Waals surface area contributed by atoms with Gasteiger partial charge in [-0.1, -0.05) is 6.07 Å². The Morgan fingerprint density at radius 2 is 1.53 bits per heavy atom. The van der Waals surface area contributed by atoms with Crippen LogP contribution in [0.2, 0.25) is 0 Å². The number of phenols is 4. The Hall–Kier alpha value is -2.80. The Morgan fingerprint density at radius 1 is 0.812 bits per heavy atom. The maximum atomic E-state index is 10.8. The van der Waals surface area contributed by atoms with E-state index in [1.54, 1.807) is 0 Å². The van der Waals surface area contributed by atoms with Gasteiger partial charge in [0.05, 0.1) is 18.3 Å². The van der Waals surface area contributed by atoms with Crippen LogP contribution >= 0.6 is 0 Å². The molecule has 32 heavy (non-hydrogen) atoms. The number of aliphatic hydroxyl groups is 5. The van der Waals surface area contributed by atoms with Crippen LogP contribution in [-0.4, -0.2) is 83.1 Å². The summed E-state index contributed by atoms with van der Waals surface area (Å²) in [6.45, 7) is -0.684. The normalized spacial score (nSPS) is 32.2. The number of benzene rings is 2. The van der Waals surface area contributed by atoms with Crippen molar-refractivity contribution in [2.24, 2.45) is 0 Å². The summed E-state index contributed by atoms with van der Waals surface area (Å²) in [5.74, 6) is -1.83. The van der Waals surface area contributed by atoms with E-state index in [9.17, 15) is 46.0 Å². The summed E-state index contributed by atoms with van der Waals surface area (Å²) < 4.78 is 11.2. The minimum Gasteiger partial charge on any atom is -0.507 e. The van der Waals surface area contributed by atoms with Gasteiger partial charge in [-0.05, 0) is 17.7 Å². The second-order valence-corrected chi connectivity index (χ2v) is 7.94. The molecule has 0 amide bonds. The molecule has 2 aliphatic rings. The average molecular weight is 452 g/mol. The molecule has 1 fully saturated rings. The molecule has 174 valence electrons. The summed E-state index contributed by atoms with van der Waals surface area (Å²) >= 11 is 0. The van der Waals surface area contributed by atoms with Gasteiger partial charge >= 0.3 is 0 Å². The molecule has 0 radical (unpaired) electrons. The summed E-state index contributed by atoms with van der Waals surface area (Å²) in [5.41, 5.74) is 0.147. The van der Waals surface area contributed by atoms with E-state index in [0.29, 0.717) is 5.56 Å². The van der Waals surface area contributed by atoms with Crippen LogP contribution in [0.4, 0.5) is 0 Å². The molecule has 1 saturated heterocycles. The first-order valence-electron chi connectivity index (χ1n) is 9.88. The first-order valence-corrected chi connectivity index (χ1v) is 9.88. The Kier molecular flexibility index (Phi) is 5.79. The zero-order chi connectivity index (χ0) is 23.3. The monoisotopic (exact) mass is 452 g/mol. The zero-order valence-electron chi connectivity index (χ0n) is 16.6. The van der Waals surface area contributed by atoms with Gasteiger partial charge < -0.3 is 55.4 Å². The largest absolute Gasteiger partial charge is 0.507 e. The van der Waals surface area contributed by atoms with Crippen LogP contribution in [0.5, 0.6) is 28.7 Å². The molecule has 0 spiro atoms. The van der Waals surface area contributed by atoms with Crippen molar-refractivity contribution in [3.05, 3.63) is 41.0 Å². The van der Waals surface area contributed by atoms with Gasteiger partial charge in [0, 0.05) is 18.1 Å². The standard InChI is InChI=1S/C21H24O11/c22-6-14-17(28)18(29)19(30)21(32-14)15-11(25)5-13-8(16(15)27)4-12(26)20(31-13)7-1-2-9(23)10(24)3-7/h1-3,5,12,14,17-30H,4,6H2/t12-,14-,17+,18+,19-,20+,21+/m1/s1. The van der Waals surface area contributed by atoms with Gasteiger partial charge in [0.2, 0.25) is 0 Å². The molecular formula is C21H24O11. The van der Waals surface area contributed by atoms with Crippen LogP contribution in [0.25, 0.3) is 0 Å². The highest BCUT2D eigenvalue weighted by molar-refractivity contribution is 5.59. The van der Waals surface area contributed by atoms with Crippen molar-refractivity contribution in [1.82, 2.24) is 0 Å². The number of hydrogen-bond donors (Lipinski definition) is 9. The highest BCUT2D eigenvalue weighted by atomic mass is 16.5. The molecule has 9 N–H and O–H groups in total. The van der Waals surface area contributed by atoms with E-state index in [1.807, 2.05) is 0 Å². The van der Waals surface area contributed by atoms with E-state index in [4.69, 9.17) is 9.47 Å². The van der Waals surface area contributed by atoms with Crippen LogP contribution in [0.3, 0.4) is 0 Å². The summed E-state index contributed by atoms with van der Waals surface area (Å²) in [7, 11) is 0.